The van der Waals surface area contributed by atoms with Crippen LogP contribution in [0.1, 0.15) is 40.9 Å². The average Bonchev–Trinajstić information content (AvgIpc) is 3.16. The molecule has 2 heterocycles. The van der Waals surface area contributed by atoms with E-state index in [-0.39, 0.29) is 11.2 Å². The molecule has 1 saturated heterocycles. The van der Waals surface area contributed by atoms with Gasteiger partial charge in [0, 0.05) is 30.6 Å². The van der Waals surface area contributed by atoms with E-state index in [1.54, 1.807) is 0 Å². The van der Waals surface area contributed by atoms with Gasteiger partial charge in [-0.05, 0) is 30.5 Å². The SMILES string of the molecule is BC1(c2nc(CC)c(C(=O)NCc3ccc(N4CCOCC4)cc3)[nH]2)C=CC1. The van der Waals surface area contributed by atoms with E-state index >= 15 is 0 Å². The van der Waals surface area contributed by atoms with Crippen LogP contribution in [0.4, 0.5) is 5.69 Å². The molecule has 28 heavy (non-hydrogen) atoms. The number of morpholine rings is 1. The summed E-state index contributed by atoms with van der Waals surface area (Å²) < 4.78 is 5.40. The Morgan fingerprint density at radius 2 is 2.04 bits per heavy atom. The van der Waals surface area contributed by atoms with Gasteiger partial charge in [0.15, 0.2) is 0 Å². The Labute approximate surface area is 166 Å². The fraction of sp³-hybridized carbons (Fsp3) is 0.429. The number of anilines is 1. The molecule has 146 valence electrons. The summed E-state index contributed by atoms with van der Waals surface area (Å²) in [6.07, 6.45) is 5.96. The Hall–Kier alpha value is -2.54. The highest BCUT2D eigenvalue weighted by Gasteiger charge is 2.32. The number of ether oxygens (including phenoxy) is 1. The van der Waals surface area contributed by atoms with Crippen LogP contribution in [-0.2, 0) is 23.0 Å². The number of aryl methyl sites for hydroxylation is 1. The molecule has 7 heteroatoms. The summed E-state index contributed by atoms with van der Waals surface area (Å²) in [4.78, 5) is 23.0. The summed E-state index contributed by atoms with van der Waals surface area (Å²) >= 11 is 0. The van der Waals surface area contributed by atoms with Crippen molar-refractivity contribution >= 4 is 19.4 Å². The van der Waals surface area contributed by atoms with Crippen LogP contribution in [0.5, 0.6) is 0 Å². The monoisotopic (exact) mass is 378 g/mol. The quantitative estimate of drug-likeness (QED) is 0.591. The van der Waals surface area contributed by atoms with Gasteiger partial charge in [0.1, 0.15) is 19.4 Å². The Balaban J connectivity index is 1.39. The predicted octanol–water partition coefficient (Wildman–Crippen LogP) is 1.53. The van der Waals surface area contributed by atoms with Crippen molar-refractivity contribution in [1.82, 2.24) is 15.3 Å². The summed E-state index contributed by atoms with van der Waals surface area (Å²) in [7, 11) is 2.14. The number of allylic oxidation sites excluding steroid dienone is 2. The third-order valence-corrected chi connectivity index (χ3v) is 5.67. The molecule has 0 radical (unpaired) electrons. The average molecular weight is 378 g/mol. The molecule has 2 aromatic rings. The summed E-state index contributed by atoms with van der Waals surface area (Å²) in [6, 6.07) is 8.37. The van der Waals surface area contributed by atoms with E-state index in [4.69, 9.17) is 4.74 Å². The summed E-state index contributed by atoms with van der Waals surface area (Å²) in [6.45, 7) is 5.92. The van der Waals surface area contributed by atoms with Gasteiger partial charge in [0.05, 0.1) is 18.9 Å². The summed E-state index contributed by atoms with van der Waals surface area (Å²) in [5, 5.41) is 2.96. The van der Waals surface area contributed by atoms with Crippen molar-refractivity contribution < 1.29 is 9.53 Å². The molecular weight excluding hydrogens is 351 g/mol. The van der Waals surface area contributed by atoms with E-state index in [0.717, 1.165) is 56.2 Å². The third kappa shape index (κ3) is 3.71. The van der Waals surface area contributed by atoms with Crippen molar-refractivity contribution in [2.24, 2.45) is 0 Å². The number of nitrogens with zero attached hydrogens (tertiary/aromatic N) is 2. The maximum Gasteiger partial charge on any atom is 0.269 e. The van der Waals surface area contributed by atoms with Crippen molar-refractivity contribution in [3.05, 3.63) is 59.2 Å². The zero-order valence-electron chi connectivity index (χ0n) is 16.6. The first-order chi connectivity index (χ1) is 13.6. The molecule has 1 amide bonds. The normalized spacial score (nSPS) is 21.4. The lowest BCUT2D eigenvalue weighted by molar-refractivity contribution is 0.0945. The molecule has 6 nitrogen and oxygen atoms in total. The number of carbonyl (C=O) groups is 1. The molecule has 4 rings (SSSR count). The van der Waals surface area contributed by atoms with E-state index in [9.17, 15) is 4.79 Å². The molecular formula is C21H27BN4O2. The van der Waals surface area contributed by atoms with E-state index in [1.807, 2.05) is 6.92 Å². The molecule has 0 spiro atoms. The largest absolute Gasteiger partial charge is 0.378 e. The minimum Gasteiger partial charge on any atom is -0.378 e. The molecule has 1 aromatic carbocycles. The van der Waals surface area contributed by atoms with E-state index in [1.165, 1.54) is 5.69 Å². The number of rotatable bonds is 6. The molecule has 1 atom stereocenters. The molecule has 2 N–H and O–H groups in total. The summed E-state index contributed by atoms with van der Waals surface area (Å²) in [5.41, 5.74) is 3.70. The highest BCUT2D eigenvalue weighted by Crippen LogP contribution is 2.32. The molecule has 0 saturated carbocycles. The van der Waals surface area contributed by atoms with Crippen LogP contribution in [-0.4, -0.2) is 50.0 Å². The lowest BCUT2D eigenvalue weighted by Gasteiger charge is -2.29. The number of benzene rings is 1. The first-order valence-electron chi connectivity index (χ1n) is 10.1. The third-order valence-electron chi connectivity index (χ3n) is 5.67. The van der Waals surface area contributed by atoms with Crippen LogP contribution in [0.15, 0.2) is 36.4 Å². The second-order valence-corrected chi connectivity index (χ2v) is 7.73. The molecule has 1 aliphatic heterocycles. The minimum absolute atomic E-state index is 0.0717. The predicted molar refractivity (Wildman–Crippen MR) is 113 cm³/mol. The number of hydrogen-bond acceptors (Lipinski definition) is 4. The zero-order valence-corrected chi connectivity index (χ0v) is 16.6. The fourth-order valence-electron chi connectivity index (χ4n) is 3.69. The van der Waals surface area contributed by atoms with Gasteiger partial charge in [-0.15, -0.1) is 0 Å². The zero-order chi connectivity index (χ0) is 19.6. The number of aromatic nitrogens is 2. The number of hydrogen-bond donors (Lipinski definition) is 2. The van der Waals surface area contributed by atoms with E-state index < -0.39 is 0 Å². The second kappa shape index (κ2) is 7.83. The molecule has 0 bridgehead atoms. The minimum atomic E-state index is -0.0974. The van der Waals surface area contributed by atoms with Crippen LogP contribution in [0.3, 0.4) is 0 Å². The maximum absolute atomic E-state index is 12.7. The number of H-pyrrole nitrogens is 1. The van der Waals surface area contributed by atoms with Crippen molar-refractivity contribution in [3.8, 4) is 0 Å². The van der Waals surface area contributed by atoms with Gasteiger partial charge >= 0.3 is 0 Å². The summed E-state index contributed by atoms with van der Waals surface area (Å²) in [5.74, 6) is 0.784. The van der Waals surface area contributed by atoms with Gasteiger partial charge < -0.3 is 19.9 Å². The van der Waals surface area contributed by atoms with Crippen molar-refractivity contribution in [1.29, 1.82) is 0 Å². The standard InChI is InChI=1S/C21H27BN4O2/c1-2-17-18(25-20(24-17)21(22)8-3-9-21)19(27)23-14-15-4-6-16(7-5-15)26-10-12-28-13-11-26/h3-8H,2,9-14,22H2,1H3,(H,23,27)(H,24,25). The maximum atomic E-state index is 12.7. The first-order valence-corrected chi connectivity index (χ1v) is 10.1. The number of imidazole rings is 1. The number of aromatic amines is 1. The number of amides is 1. The fourth-order valence-corrected chi connectivity index (χ4v) is 3.69. The van der Waals surface area contributed by atoms with Crippen LogP contribution in [0.2, 0.25) is 0 Å². The Bertz CT molecular complexity index is 871. The lowest BCUT2D eigenvalue weighted by atomic mass is 9.60. The van der Waals surface area contributed by atoms with Gasteiger partial charge in [-0.25, -0.2) is 4.98 Å². The lowest BCUT2D eigenvalue weighted by Crippen LogP contribution is -2.36. The molecule has 1 aliphatic carbocycles. The first kappa shape index (κ1) is 18.8. The van der Waals surface area contributed by atoms with Crippen molar-refractivity contribution in [2.75, 3.05) is 31.2 Å². The number of carbonyl (C=O) groups excluding carboxylic acids is 1. The van der Waals surface area contributed by atoms with Crippen LogP contribution >= 0.6 is 0 Å². The van der Waals surface area contributed by atoms with E-state index in [2.05, 4.69) is 64.4 Å². The van der Waals surface area contributed by atoms with Crippen LogP contribution in [0, 0.1) is 0 Å². The molecule has 1 aromatic heterocycles. The van der Waals surface area contributed by atoms with Gasteiger partial charge in [-0.1, -0.05) is 31.2 Å². The molecule has 2 aliphatic rings. The van der Waals surface area contributed by atoms with E-state index in [0.29, 0.717) is 12.2 Å². The van der Waals surface area contributed by atoms with Gasteiger partial charge in [-0.3, -0.25) is 4.79 Å². The van der Waals surface area contributed by atoms with Crippen LogP contribution < -0.4 is 10.2 Å². The van der Waals surface area contributed by atoms with Crippen molar-refractivity contribution in [3.63, 3.8) is 0 Å². The Kier molecular flexibility index (Phi) is 5.26. The molecule has 1 unspecified atom stereocenters. The Morgan fingerprint density at radius 1 is 1.32 bits per heavy atom. The van der Waals surface area contributed by atoms with Crippen LogP contribution in [0.25, 0.3) is 0 Å². The highest BCUT2D eigenvalue weighted by atomic mass is 16.5. The second-order valence-electron chi connectivity index (χ2n) is 7.73. The highest BCUT2D eigenvalue weighted by molar-refractivity contribution is 6.18. The number of nitrogens with one attached hydrogen (secondary N) is 2. The smallest absolute Gasteiger partial charge is 0.269 e. The Morgan fingerprint density at radius 3 is 2.64 bits per heavy atom. The van der Waals surface area contributed by atoms with Crippen molar-refractivity contribution in [2.45, 2.75) is 31.6 Å². The van der Waals surface area contributed by atoms with Gasteiger partial charge in [0.25, 0.3) is 5.91 Å². The van der Waals surface area contributed by atoms with Gasteiger partial charge in [0.2, 0.25) is 0 Å². The topological polar surface area (TPSA) is 70.2 Å². The molecule has 1 fully saturated rings. The van der Waals surface area contributed by atoms with Gasteiger partial charge in [-0.2, -0.15) is 0 Å².